The highest BCUT2D eigenvalue weighted by molar-refractivity contribution is 6.06. The van der Waals surface area contributed by atoms with Crippen LogP contribution < -0.4 is 20.9 Å². The first-order valence-corrected chi connectivity index (χ1v) is 14.8. The minimum absolute atomic E-state index is 0.0681. The van der Waals surface area contributed by atoms with Crippen molar-refractivity contribution in [2.24, 2.45) is 0 Å². The highest BCUT2D eigenvalue weighted by atomic mass is 16.2. The number of aromatic nitrogens is 2. The van der Waals surface area contributed by atoms with Crippen molar-refractivity contribution >= 4 is 40.2 Å². The number of hydrogen-bond acceptors (Lipinski definition) is 6. The molecule has 0 saturated heterocycles. The van der Waals surface area contributed by atoms with Gasteiger partial charge in [-0.3, -0.25) is 9.59 Å². The maximum absolute atomic E-state index is 13.1. The zero-order chi connectivity index (χ0) is 29.6. The second-order valence-corrected chi connectivity index (χ2v) is 11.6. The third kappa shape index (κ3) is 7.05. The molecule has 8 nitrogen and oxygen atoms in total. The van der Waals surface area contributed by atoms with Crippen LogP contribution in [-0.4, -0.2) is 48.0 Å². The average molecular weight is 565 g/mol. The van der Waals surface area contributed by atoms with E-state index in [9.17, 15) is 9.59 Å². The number of amides is 2. The number of nitrogens with one attached hydrogen (secondary N) is 3. The molecule has 3 N–H and O–H groups in total. The van der Waals surface area contributed by atoms with Crippen molar-refractivity contribution in [1.29, 1.82) is 0 Å². The van der Waals surface area contributed by atoms with Crippen LogP contribution in [-0.2, 0) is 11.2 Å². The van der Waals surface area contributed by atoms with E-state index in [0.717, 1.165) is 48.1 Å². The predicted molar refractivity (Wildman–Crippen MR) is 170 cm³/mol. The Morgan fingerprint density at radius 1 is 0.857 bits per heavy atom. The van der Waals surface area contributed by atoms with Crippen molar-refractivity contribution in [1.82, 2.24) is 15.3 Å². The molecule has 8 heteroatoms. The largest absolute Gasteiger partial charge is 0.362 e. The van der Waals surface area contributed by atoms with Gasteiger partial charge in [-0.25, -0.2) is 4.98 Å². The van der Waals surface area contributed by atoms with Gasteiger partial charge >= 0.3 is 0 Å². The number of hydrogen-bond donors (Lipinski definition) is 3. The Kier molecular flexibility index (Phi) is 9.00. The van der Waals surface area contributed by atoms with Crippen molar-refractivity contribution in [3.05, 3.63) is 89.5 Å². The van der Waals surface area contributed by atoms with Gasteiger partial charge in [0.1, 0.15) is 5.82 Å². The molecule has 1 heterocycles. The quantitative estimate of drug-likeness (QED) is 0.225. The van der Waals surface area contributed by atoms with Gasteiger partial charge in [-0.2, -0.15) is 4.98 Å². The Morgan fingerprint density at radius 3 is 2.24 bits per heavy atom. The summed E-state index contributed by atoms with van der Waals surface area (Å²) in [6.07, 6.45) is 3.71. The van der Waals surface area contributed by atoms with Gasteiger partial charge in [-0.1, -0.05) is 56.3 Å². The lowest BCUT2D eigenvalue weighted by atomic mass is 9.91. The summed E-state index contributed by atoms with van der Waals surface area (Å²) < 4.78 is 0. The standard InChI is InChI=1S/C34H40N6O2/c1-22(2)23-13-15-26(16-14-23)36-33(42)28-10-6-5-9-24(28)21-31(41)35-25-17-19-27(20-18-25)37-34-38-30-12-8-7-11-29(30)32(39-34)40(3)4/h5-16,22,25,27H,17-21H2,1-4H3,(H,35,41)(H,36,42)(H,37,38,39)/t25-,27+. The molecular weight excluding hydrogens is 524 g/mol. The van der Waals surface area contributed by atoms with Crippen LogP contribution >= 0.6 is 0 Å². The summed E-state index contributed by atoms with van der Waals surface area (Å²) in [5.41, 5.74) is 4.10. The second kappa shape index (κ2) is 13.0. The van der Waals surface area contributed by atoms with E-state index in [1.807, 2.05) is 85.7 Å². The van der Waals surface area contributed by atoms with E-state index < -0.39 is 0 Å². The van der Waals surface area contributed by atoms with Gasteiger partial charge in [0.05, 0.1) is 11.9 Å². The van der Waals surface area contributed by atoms with Gasteiger partial charge in [-0.15, -0.1) is 0 Å². The van der Waals surface area contributed by atoms with Crippen LogP contribution in [0.3, 0.4) is 0 Å². The van der Waals surface area contributed by atoms with Crippen molar-refractivity contribution in [3.63, 3.8) is 0 Å². The van der Waals surface area contributed by atoms with Gasteiger partial charge in [0.15, 0.2) is 0 Å². The van der Waals surface area contributed by atoms with Crippen LogP contribution in [0.5, 0.6) is 0 Å². The first kappa shape index (κ1) is 29.0. The van der Waals surface area contributed by atoms with E-state index in [4.69, 9.17) is 9.97 Å². The Labute approximate surface area is 248 Å². The molecular formula is C34H40N6O2. The molecule has 2 amide bonds. The SMILES string of the molecule is CC(C)c1ccc(NC(=O)c2ccccc2CC(=O)N[C@H]2CC[C@@H](Nc3nc(N(C)C)c4ccccc4n3)CC2)cc1. The van der Waals surface area contributed by atoms with E-state index in [1.54, 1.807) is 6.07 Å². The van der Waals surface area contributed by atoms with Crippen molar-refractivity contribution in [2.75, 3.05) is 29.6 Å². The Morgan fingerprint density at radius 2 is 1.52 bits per heavy atom. The fourth-order valence-electron chi connectivity index (χ4n) is 5.53. The Balaban J connectivity index is 1.14. The number of benzene rings is 3. The molecule has 0 radical (unpaired) electrons. The molecule has 1 saturated carbocycles. The van der Waals surface area contributed by atoms with Crippen molar-refractivity contribution < 1.29 is 9.59 Å². The van der Waals surface area contributed by atoms with Crippen LogP contribution in [0.25, 0.3) is 10.9 Å². The molecule has 42 heavy (non-hydrogen) atoms. The van der Waals surface area contributed by atoms with Gasteiger partial charge < -0.3 is 20.9 Å². The topological polar surface area (TPSA) is 99.2 Å². The number of rotatable bonds is 9. The lowest BCUT2D eigenvalue weighted by Gasteiger charge is -2.30. The first-order chi connectivity index (χ1) is 20.3. The minimum Gasteiger partial charge on any atom is -0.362 e. The molecule has 1 fully saturated rings. The first-order valence-electron chi connectivity index (χ1n) is 14.8. The lowest BCUT2D eigenvalue weighted by molar-refractivity contribution is -0.121. The molecule has 218 valence electrons. The van der Waals surface area contributed by atoms with Crippen LogP contribution in [0.2, 0.25) is 0 Å². The van der Waals surface area contributed by atoms with E-state index in [-0.39, 0.29) is 30.3 Å². The summed E-state index contributed by atoms with van der Waals surface area (Å²) in [5, 5.41) is 10.7. The van der Waals surface area contributed by atoms with E-state index in [1.165, 1.54) is 5.56 Å². The molecule has 3 aromatic carbocycles. The summed E-state index contributed by atoms with van der Waals surface area (Å²) in [6.45, 7) is 4.28. The monoisotopic (exact) mass is 564 g/mol. The number of nitrogens with zero attached hydrogens (tertiary/aromatic N) is 3. The number of para-hydroxylation sites is 1. The summed E-state index contributed by atoms with van der Waals surface area (Å²) >= 11 is 0. The van der Waals surface area contributed by atoms with E-state index >= 15 is 0 Å². The molecule has 0 aliphatic heterocycles. The highest BCUT2D eigenvalue weighted by Gasteiger charge is 2.24. The van der Waals surface area contributed by atoms with Crippen LogP contribution in [0.15, 0.2) is 72.8 Å². The van der Waals surface area contributed by atoms with Crippen LogP contribution in [0.1, 0.15) is 66.9 Å². The highest BCUT2D eigenvalue weighted by Crippen LogP contribution is 2.26. The predicted octanol–water partition coefficient (Wildman–Crippen LogP) is 6.15. The maximum atomic E-state index is 13.1. The third-order valence-corrected chi connectivity index (χ3v) is 7.88. The number of anilines is 3. The maximum Gasteiger partial charge on any atom is 0.255 e. The molecule has 0 spiro atoms. The normalized spacial score (nSPS) is 16.7. The van der Waals surface area contributed by atoms with Crippen molar-refractivity contribution in [2.45, 2.75) is 64.0 Å². The fraction of sp³-hybridized carbons (Fsp3) is 0.353. The molecule has 1 aliphatic rings. The van der Waals surface area contributed by atoms with Gasteiger partial charge in [0.2, 0.25) is 11.9 Å². The van der Waals surface area contributed by atoms with Crippen LogP contribution in [0, 0.1) is 0 Å². The van der Waals surface area contributed by atoms with Gasteiger partial charge in [0.25, 0.3) is 5.91 Å². The number of fused-ring (bicyclic) bond motifs is 1. The summed E-state index contributed by atoms with van der Waals surface area (Å²) in [4.78, 5) is 37.6. The van der Waals surface area contributed by atoms with E-state index in [2.05, 4.69) is 29.8 Å². The van der Waals surface area contributed by atoms with Gasteiger partial charge in [-0.05, 0) is 73.1 Å². The summed E-state index contributed by atoms with van der Waals surface area (Å²) in [5.74, 6) is 1.67. The van der Waals surface area contributed by atoms with Crippen LogP contribution in [0.4, 0.5) is 17.5 Å². The average Bonchev–Trinajstić information content (AvgIpc) is 2.98. The van der Waals surface area contributed by atoms with Crippen molar-refractivity contribution in [3.8, 4) is 0 Å². The molecule has 4 aromatic rings. The second-order valence-electron chi connectivity index (χ2n) is 11.6. The Bertz CT molecular complexity index is 1540. The Hall–Kier alpha value is -4.46. The van der Waals surface area contributed by atoms with E-state index in [0.29, 0.717) is 23.0 Å². The molecule has 0 unspecified atom stereocenters. The zero-order valence-corrected chi connectivity index (χ0v) is 24.9. The number of carbonyl (C=O) groups is 2. The molecule has 0 bridgehead atoms. The molecule has 0 atom stereocenters. The summed E-state index contributed by atoms with van der Waals surface area (Å²) in [7, 11) is 3.98. The smallest absolute Gasteiger partial charge is 0.255 e. The fourth-order valence-corrected chi connectivity index (χ4v) is 5.53. The molecule has 5 rings (SSSR count). The molecule has 1 aliphatic carbocycles. The molecule has 1 aromatic heterocycles. The van der Waals surface area contributed by atoms with Gasteiger partial charge in [0, 0.05) is 42.8 Å². The summed E-state index contributed by atoms with van der Waals surface area (Å²) in [6, 6.07) is 23.6. The zero-order valence-electron chi connectivity index (χ0n) is 24.9. The number of carbonyl (C=O) groups excluding carboxylic acids is 2. The third-order valence-electron chi connectivity index (χ3n) is 7.88. The lowest BCUT2D eigenvalue weighted by Crippen LogP contribution is -2.41. The minimum atomic E-state index is -0.212.